The smallest absolute Gasteiger partial charge is 0.132 e. The van der Waals surface area contributed by atoms with Gasteiger partial charge in [0.05, 0.1) is 5.71 Å². The van der Waals surface area contributed by atoms with Gasteiger partial charge in [-0.1, -0.05) is 35.5 Å². The van der Waals surface area contributed by atoms with Crippen LogP contribution >= 0.6 is 0 Å². The molecular formula is C14H19NO. The molecule has 0 bridgehead atoms. The molecule has 0 spiro atoms. The van der Waals surface area contributed by atoms with E-state index in [9.17, 15) is 0 Å². The van der Waals surface area contributed by atoms with Crippen LogP contribution in [0.5, 0.6) is 0 Å². The summed E-state index contributed by atoms with van der Waals surface area (Å²) >= 11 is 0. The van der Waals surface area contributed by atoms with Crippen LogP contribution in [0.3, 0.4) is 0 Å². The first-order valence-corrected chi connectivity index (χ1v) is 5.94. The zero-order valence-electron chi connectivity index (χ0n) is 10.1. The topological polar surface area (TPSA) is 21.6 Å². The molecule has 1 aliphatic heterocycles. The second-order valence-corrected chi connectivity index (χ2v) is 4.99. The van der Waals surface area contributed by atoms with Crippen molar-refractivity contribution in [2.75, 3.05) is 0 Å². The van der Waals surface area contributed by atoms with Gasteiger partial charge in [0.25, 0.3) is 0 Å². The van der Waals surface area contributed by atoms with E-state index in [0.29, 0.717) is 0 Å². The fraction of sp³-hybridized carbons (Fsp3) is 0.500. The second-order valence-electron chi connectivity index (χ2n) is 4.99. The molecule has 1 heterocycles. The normalized spacial score (nSPS) is 18.8. The van der Waals surface area contributed by atoms with E-state index in [1.807, 2.05) is 6.07 Å². The Hall–Kier alpha value is -1.31. The van der Waals surface area contributed by atoms with Gasteiger partial charge in [-0.2, -0.15) is 0 Å². The van der Waals surface area contributed by atoms with E-state index in [1.165, 1.54) is 11.3 Å². The van der Waals surface area contributed by atoms with Gasteiger partial charge in [-0.05, 0) is 45.1 Å². The van der Waals surface area contributed by atoms with Crippen LogP contribution in [0, 0.1) is 0 Å². The van der Waals surface area contributed by atoms with Crippen molar-refractivity contribution in [2.24, 2.45) is 5.16 Å². The molecule has 0 saturated heterocycles. The van der Waals surface area contributed by atoms with Crippen LogP contribution < -0.4 is 0 Å². The first kappa shape index (κ1) is 11.2. The van der Waals surface area contributed by atoms with Crippen molar-refractivity contribution < 1.29 is 4.84 Å². The summed E-state index contributed by atoms with van der Waals surface area (Å²) in [4.78, 5) is 5.45. The van der Waals surface area contributed by atoms with Crippen LogP contribution in [-0.2, 0) is 11.3 Å². The molecule has 0 amide bonds. The van der Waals surface area contributed by atoms with E-state index < -0.39 is 0 Å². The minimum absolute atomic E-state index is 0.0732. The largest absolute Gasteiger partial charge is 0.390 e. The van der Waals surface area contributed by atoms with Crippen LogP contribution in [0.15, 0.2) is 35.5 Å². The van der Waals surface area contributed by atoms with Crippen molar-refractivity contribution >= 4 is 5.71 Å². The molecule has 0 aromatic heterocycles. The van der Waals surface area contributed by atoms with Crippen molar-refractivity contribution in [3.8, 4) is 0 Å². The molecule has 16 heavy (non-hydrogen) atoms. The zero-order valence-corrected chi connectivity index (χ0v) is 10.1. The summed E-state index contributed by atoms with van der Waals surface area (Å²) in [7, 11) is 0. The molecule has 0 saturated carbocycles. The molecule has 86 valence electrons. The third-order valence-corrected chi connectivity index (χ3v) is 2.98. The highest BCUT2D eigenvalue weighted by atomic mass is 16.6. The Morgan fingerprint density at radius 3 is 2.56 bits per heavy atom. The first-order valence-electron chi connectivity index (χ1n) is 5.94. The summed E-state index contributed by atoms with van der Waals surface area (Å²) in [6.45, 7) is 4.18. The lowest BCUT2D eigenvalue weighted by Crippen LogP contribution is -2.27. The van der Waals surface area contributed by atoms with Crippen LogP contribution in [0.2, 0.25) is 0 Å². The van der Waals surface area contributed by atoms with E-state index in [1.54, 1.807) is 0 Å². The van der Waals surface area contributed by atoms with Gasteiger partial charge < -0.3 is 4.84 Å². The summed E-state index contributed by atoms with van der Waals surface area (Å²) in [5, 5.41) is 4.21. The Balaban J connectivity index is 1.86. The Kier molecular flexibility index (Phi) is 3.28. The lowest BCUT2D eigenvalue weighted by atomic mass is 9.96. The van der Waals surface area contributed by atoms with Crippen LogP contribution in [0.25, 0.3) is 0 Å². The molecule has 0 radical (unpaired) electrons. The van der Waals surface area contributed by atoms with Crippen LogP contribution in [0.4, 0.5) is 0 Å². The summed E-state index contributed by atoms with van der Waals surface area (Å²) in [5.74, 6) is 0. The highest BCUT2D eigenvalue weighted by Gasteiger charge is 2.24. The maximum Gasteiger partial charge on any atom is 0.132 e. The molecule has 0 atom stereocenters. The van der Waals surface area contributed by atoms with E-state index in [4.69, 9.17) is 4.84 Å². The fourth-order valence-electron chi connectivity index (χ4n) is 1.83. The number of nitrogens with zero attached hydrogens (tertiary/aromatic N) is 1. The van der Waals surface area contributed by atoms with Gasteiger partial charge in [0.1, 0.15) is 5.60 Å². The molecule has 2 nitrogen and oxygen atoms in total. The van der Waals surface area contributed by atoms with E-state index in [-0.39, 0.29) is 5.60 Å². The Morgan fingerprint density at radius 1 is 1.19 bits per heavy atom. The number of hydrogen-bond acceptors (Lipinski definition) is 2. The van der Waals surface area contributed by atoms with Crippen molar-refractivity contribution in [2.45, 2.75) is 45.1 Å². The summed E-state index contributed by atoms with van der Waals surface area (Å²) < 4.78 is 0. The van der Waals surface area contributed by atoms with Gasteiger partial charge >= 0.3 is 0 Å². The third-order valence-electron chi connectivity index (χ3n) is 2.98. The van der Waals surface area contributed by atoms with Crippen molar-refractivity contribution in [1.29, 1.82) is 0 Å². The lowest BCUT2D eigenvalue weighted by molar-refractivity contribution is -0.0291. The first-order chi connectivity index (χ1) is 7.66. The Morgan fingerprint density at radius 2 is 1.94 bits per heavy atom. The van der Waals surface area contributed by atoms with Crippen LogP contribution in [0.1, 0.15) is 38.7 Å². The lowest BCUT2D eigenvalue weighted by Gasteiger charge is -2.27. The predicted molar refractivity (Wildman–Crippen MR) is 66.6 cm³/mol. The SMILES string of the molecule is CC1(C)CCC(CCc2ccccc2)=NO1. The monoisotopic (exact) mass is 217 g/mol. The maximum atomic E-state index is 5.45. The number of rotatable bonds is 3. The Bertz CT molecular complexity index is 368. The average Bonchev–Trinajstić information content (AvgIpc) is 2.29. The second kappa shape index (κ2) is 4.69. The van der Waals surface area contributed by atoms with Gasteiger partial charge in [-0.25, -0.2) is 0 Å². The number of oxime groups is 1. The van der Waals surface area contributed by atoms with E-state index in [0.717, 1.165) is 25.7 Å². The van der Waals surface area contributed by atoms with E-state index in [2.05, 4.69) is 43.3 Å². The minimum Gasteiger partial charge on any atom is -0.390 e. The standard InChI is InChI=1S/C14H19NO/c1-14(2)11-10-13(15-16-14)9-8-12-6-4-3-5-7-12/h3-7H,8-11H2,1-2H3. The third kappa shape index (κ3) is 3.09. The van der Waals surface area contributed by atoms with Crippen LogP contribution in [-0.4, -0.2) is 11.3 Å². The van der Waals surface area contributed by atoms with Gasteiger partial charge in [0, 0.05) is 0 Å². The number of hydrogen-bond donors (Lipinski definition) is 0. The van der Waals surface area contributed by atoms with Gasteiger partial charge in [0.2, 0.25) is 0 Å². The summed E-state index contributed by atoms with van der Waals surface area (Å²) in [6, 6.07) is 10.5. The maximum absolute atomic E-state index is 5.45. The number of aryl methyl sites for hydroxylation is 1. The molecule has 1 aromatic carbocycles. The molecule has 0 unspecified atom stereocenters. The predicted octanol–water partition coefficient (Wildman–Crippen LogP) is 3.56. The van der Waals surface area contributed by atoms with E-state index >= 15 is 0 Å². The zero-order chi connectivity index (χ0) is 11.4. The van der Waals surface area contributed by atoms with Gasteiger partial charge in [0.15, 0.2) is 0 Å². The van der Waals surface area contributed by atoms with Crippen molar-refractivity contribution in [3.05, 3.63) is 35.9 Å². The molecule has 1 aliphatic rings. The van der Waals surface area contributed by atoms with Gasteiger partial charge in [-0.3, -0.25) is 0 Å². The highest BCUT2D eigenvalue weighted by Crippen LogP contribution is 2.23. The molecule has 1 aromatic rings. The fourth-order valence-corrected chi connectivity index (χ4v) is 1.83. The molecular weight excluding hydrogens is 198 g/mol. The number of benzene rings is 1. The molecule has 0 fully saturated rings. The van der Waals surface area contributed by atoms with Crippen molar-refractivity contribution in [3.63, 3.8) is 0 Å². The molecule has 2 heteroatoms. The Labute approximate surface area is 97.3 Å². The van der Waals surface area contributed by atoms with Crippen molar-refractivity contribution in [1.82, 2.24) is 0 Å². The summed E-state index contributed by atoms with van der Waals surface area (Å²) in [5.41, 5.74) is 2.49. The van der Waals surface area contributed by atoms with Gasteiger partial charge in [-0.15, -0.1) is 0 Å². The molecule has 2 rings (SSSR count). The molecule has 0 N–H and O–H groups in total. The molecule has 0 aliphatic carbocycles. The quantitative estimate of drug-likeness (QED) is 0.758. The minimum atomic E-state index is -0.0732. The highest BCUT2D eigenvalue weighted by molar-refractivity contribution is 5.84. The average molecular weight is 217 g/mol. The summed E-state index contributed by atoms with van der Waals surface area (Å²) in [6.07, 6.45) is 4.21.